The molecule has 6 nitrogen and oxygen atoms in total. The molecule has 0 bridgehead atoms. The number of nitrogens with one attached hydrogen (secondary N) is 1. The van der Waals surface area contributed by atoms with Gasteiger partial charge < -0.3 is 10.2 Å². The predicted octanol–water partition coefficient (Wildman–Crippen LogP) is 2.28. The summed E-state index contributed by atoms with van der Waals surface area (Å²) >= 11 is 4.15. The molecule has 1 heterocycles. The second-order valence-corrected chi connectivity index (χ2v) is 8.27. The minimum absolute atomic E-state index is 0.0592. The van der Waals surface area contributed by atoms with Crippen molar-refractivity contribution in [3.8, 4) is 0 Å². The summed E-state index contributed by atoms with van der Waals surface area (Å²) < 4.78 is 1.47. The molecule has 9 heteroatoms. The molecule has 0 aliphatic carbocycles. The lowest BCUT2D eigenvalue weighted by Gasteiger charge is -2.17. The predicted molar refractivity (Wildman–Crippen MR) is 97.1 cm³/mol. The van der Waals surface area contributed by atoms with Gasteiger partial charge in [0, 0.05) is 19.6 Å². The van der Waals surface area contributed by atoms with Crippen molar-refractivity contribution in [1.29, 1.82) is 0 Å². The Labute approximate surface area is 149 Å². The third-order valence-corrected chi connectivity index (χ3v) is 6.12. The first-order valence-corrected chi connectivity index (χ1v) is 9.99. The number of carbonyl (C=O) groups is 2. The van der Waals surface area contributed by atoms with E-state index < -0.39 is 0 Å². The topological polar surface area (TPSA) is 75.2 Å². The van der Waals surface area contributed by atoms with Crippen LogP contribution in [0, 0.1) is 0 Å². The summed E-state index contributed by atoms with van der Waals surface area (Å²) in [4.78, 5) is 25.5. The highest BCUT2D eigenvalue weighted by Crippen LogP contribution is 2.31. The van der Waals surface area contributed by atoms with E-state index in [1.165, 1.54) is 34.9 Å². The molecule has 0 fully saturated rings. The SMILES string of the molecule is C=CCNC(=O)C(C)Sc1nnc(SCC(=O)N(CC)CC)s1. The molecule has 0 aromatic carbocycles. The molecule has 1 aromatic rings. The lowest BCUT2D eigenvalue weighted by atomic mass is 10.4. The minimum Gasteiger partial charge on any atom is -0.352 e. The van der Waals surface area contributed by atoms with Gasteiger partial charge in [-0.1, -0.05) is 40.9 Å². The number of aromatic nitrogens is 2. The molecule has 1 unspecified atom stereocenters. The van der Waals surface area contributed by atoms with Crippen molar-refractivity contribution in [1.82, 2.24) is 20.4 Å². The number of hydrogen-bond acceptors (Lipinski definition) is 7. The molecule has 0 aliphatic heterocycles. The molecule has 1 aromatic heterocycles. The van der Waals surface area contributed by atoms with Gasteiger partial charge in [0.05, 0.1) is 11.0 Å². The van der Waals surface area contributed by atoms with E-state index in [2.05, 4.69) is 22.1 Å². The van der Waals surface area contributed by atoms with Crippen LogP contribution in [0.4, 0.5) is 0 Å². The summed E-state index contributed by atoms with van der Waals surface area (Å²) in [5.74, 6) is 0.397. The van der Waals surface area contributed by atoms with Crippen molar-refractivity contribution in [2.75, 3.05) is 25.4 Å². The maximum atomic E-state index is 11.9. The van der Waals surface area contributed by atoms with Crippen LogP contribution < -0.4 is 5.32 Å². The Morgan fingerprint density at radius 2 is 2.00 bits per heavy atom. The van der Waals surface area contributed by atoms with E-state index >= 15 is 0 Å². The van der Waals surface area contributed by atoms with Gasteiger partial charge in [-0.05, 0) is 20.8 Å². The Morgan fingerprint density at radius 3 is 2.61 bits per heavy atom. The van der Waals surface area contributed by atoms with Gasteiger partial charge >= 0.3 is 0 Å². The Bertz CT molecular complexity index is 532. The molecule has 0 saturated carbocycles. The van der Waals surface area contributed by atoms with Gasteiger partial charge in [-0.3, -0.25) is 9.59 Å². The summed E-state index contributed by atoms with van der Waals surface area (Å²) in [7, 11) is 0. The molecule has 0 aliphatic rings. The van der Waals surface area contributed by atoms with Crippen LogP contribution in [0.1, 0.15) is 20.8 Å². The van der Waals surface area contributed by atoms with Gasteiger partial charge in [0.1, 0.15) is 0 Å². The highest BCUT2D eigenvalue weighted by molar-refractivity contribution is 8.04. The van der Waals surface area contributed by atoms with Gasteiger partial charge in [0.2, 0.25) is 11.8 Å². The van der Waals surface area contributed by atoms with Gasteiger partial charge in [-0.15, -0.1) is 16.8 Å². The third kappa shape index (κ3) is 6.92. The first kappa shape index (κ1) is 20.0. The number of carbonyl (C=O) groups excluding carboxylic acids is 2. The average Bonchev–Trinajstić information content (AvgIpc) is 2.99. The zero-order valence-corrected chi connectivity index (χ0v) is 16.0. The van der Waals surface area contributed by atoms with Crippen molar-refractivity contribution in [3.63, 3.8) is 0 Å². The van der Waals surface area contributed by atoms with E-state index in [9.17, 15) is 9.59 Å². The average molecular weight is 375 g/mol. The Hall–Kier alpha value is -1.06. The van der Waals surface area contributed by atoms with Crippen LogP contribution in [0.2, 0.25) is 0 Å². The minimum atomic E-state index is -0.252. The molecule has 0 saturated heterocycles. The van der Waals surface area contributed by atoms with Crippen LogP contribution >= 0.6 is 34.9 Å². The van der Waals surface area contributed by atoms with E-state index in [-0.39, 0.29) is 17.1 Å². The van der Waals surface area contributed by atoms with Gasteiger partial charge in [0.25, 0.3) is 0 Å². The third-order valence-electron chi connectivity index (χ3n) is 2.89. The molecule has 1 N–H and O–H groups in total. The smallest absolute Gasteiger partial charge is 0.233 e. The van der Waals surface area contributed by atoms with Gasteiger partial charge in [0.15, 0.2) is 8.68 Å². The molecular weight excluding hydrogens is 352 g/mol. The second kappa shape index (κ2) is 10.7. The largest absolute Gasteiger partial charge is 0.352 e. The Morgan fingerprint density at radius 1 is 1.35 bits per heavy atom. The zero-order chi connectivity index (χ0) is 17.2. The standard InChI is InChI=1S/C14H22N4O2S3/c1-5-8-15-12(20)10(4)22-14-17-16-13(23-14)21-9-11(19)18(6-2)7-3/h5,10H,1,6-9H2,2-4H3,(H,15,20). The summed E-state index contributed by atoms with van der Waals surface area (Å²) in [6.45, 7) is 11.2. The highest BCUT2D eigenvalue weighted by atomic mass is 32.2. The molecule has 1 rings (SSSR count). The fourth-order valence-corrected chi connectivity index (χ4v) is 4.71. The van der Waals surface area contributed by atoms with Crippen molar-refractivity contribution >= 4 is 46.7 Å². The number of amides is 2. The fraction of sp³-hybridized carbons (Fsp3) is 0.571. The zero-order valence-electron chi connectivity index (χ0n) is 13.6. The fourth-order valence-electron chi connectivity index (χ4n) is 1.62. The van der Waals surface area contributed by atoms with Crippen molar-refractivity contribution in [2.45, 2.75) is 34.7 Å². The van der Waals surface area contributed by atoms with Crippen molar-refractivity contribution < 1.29 is 9.59 Å². The van der Waals surface area contributed by atoms with E-state index in [1.54, 1.807) is 11.0 Å². The lowest BCUT2D eigenvalue weighted by Crippen LogP contribution is -2.31. The van der Waals surface area contributed by atoms with Crippen LogP contribution in [0.15, 0.2) is 21.3 Å². The van der Waals surface area contributed by atoms with Crippen molar-refractivity contribution in [3.05, 3.63) is 12.7 Å². The Balaban J connectivity index is 2.47. The lowest BCUT2D eigenvalue weighted by molar-refractivity contribution is -0.128. The second-order valence-electron chi connectivity index (χ2n) is 4.48. The molecule has 0 spiro atoms. The quantitative estimate of drug-likeness (QED) is 0.500. The molecule has 0 radical (unpaired) electrons. The first-order valence-electron chi connectivity index (χ1n) is 7.31. The monoisotopic (exact) mass is 374 g/mol. The maximum Gasteiger partial charge on any atom is 0.233 e. The molecule has 23 heavy (non-hydrogen) atoms. The maximum absolute atomic E-state index is 11.9. The van der Waals surface area contributed by atoms with Gasteiger partial charge in [-0.25, -0.2) is 0 Å². The van der Waals surface area contributed by atoms with Gasteiger partial charge in [-0.2, -0.15) is 0 Å². The van der Waals surface area contributed by atoms with E-state index in [1.807, 2.05) is 20.8 Å². The normalized spacial score (nSPS) is 11.8. The van der Waals surface area contributed by atoms with Crippen LogP contribution in [-0.4, -0.2) is 57.5 Å². The summed E-state index contributed by atoms with van der Waals surface area (Å²) in [6.07, 6.45) is 1.64. The summed E-state index contributed by atoms with van der Waals surface area (Å²) in [5, 5.41) is 10.6. The summed E-state index contributed by atoms with van der Waals surface area (Å²) in [5.41, 5.74) is 0. The number of thioether (sulfide) groups is 2. The number of rotatable bonds is 10. The number of nitrogens with zero attached hydrogens (tertiary/aromatic N) is 3. The van der Waals surface area contributed by atoms with Crippen LogP contribution in [0.5, 0.6) is 0 Å². The summed E-state index contributed by atoms with van der Waals surface area (Å²) in [6, 6.07) is 0. The molecule has 128 valence electrons. The van der Waals surface area contributed by atoms with Crippen molar-refractivity contribution in [2.24, 2.45) is 0 Å². The molecule has 1 atom stereocenters. The molecule has 2 amide bonds. The van der Waals surface area contributed by atoms with Crippen LogP contribution in [0.25, 0.3) is 0 Å². The molecular formula is C14H22N4O2S3. The van der Waals surface area contributed by atoms with E-state index in [4.69, 9.17) is 0 Å². The van der Waals surface area contributed by atoms with Crippen LogP contribution in [-0.2, 0) is 9.59 Å². The highest BCUT2D eigenvalue weighted by Gasteiger charge is 2.17. The number of hydrogen-bond donors (Lipinski definition) is 1. The van der Waals surface area contributed by atoms with E-state index in [0.29, 0.717) is 25.4 Å². The van der Waals surface area contributed by atoms with E-state index in [0.717, 1.165) is 8.68 Å². The Kier molecular flexibility index (Phi) is 9.27. The van der Waals surface area contributed by atoms with Crippen LogP contribution in [0.3, 0.4) is 0 Å². The first-order chi connectivity index (χ1) is 11.0.